The van der Waals surface area contributed by atoms with Crippen molar-refractivity contribution in [2.45, 2.75) is 205 Å². The van der Waals surface area contributed by atoms with Crippen LogP contribution in [-0.2, 0) is 38.0 Å². The van der Waals surface area contributed by atoms with Crippen molar-refractivity contribution >= 4 is 11.8 Å². The molecule has 64 heavy (non-hydrogen) atoms. The molecule has 0 amide bonds. The highest BCUT2D eigenvalue weighted by molar-refractivity contribution is 5.87. The highest BCUT2D eigenvalue weighted by atomic mass is 16.8. The van der Waals surface area contributed by atoms with Gasteiger partial charge in [-0.1, -0.05) is 60.1 Å². The van der Waals surface area contributed by atoms with Crippen molar-refractivity contribution in [1.29, 1.82) is 0 Å². The van der Waals surface area contributed by atoms with Crippen LogP contribution in [0.25, 0.3) is 0 Å². The van der Waals surface area contributed by atoms with Gasteiger partial charge in [0.2, 0.25) is 0 Å². The first-order valence-electron chi connectivity index (χ1n) is 23.5. The number of aliphatic carboxylic acids is 1. The predicted octanol–water partition coefficient (Wildman–Crippen LogP) is 1.55. The Bertz CT molecular complexity index is 1810. The van der Waals surface area contributed by atoms with Gasteiger partial charge in [0.15, 0.2) is 25.0 Å². The van der Waals surface area contributed by atoms with E-state index in [1.165, 1.54) is 12.5 Å². The lowest BCUT2D eigenvalue weighted by atomic mass is 9.33. The number of hydrogen-bond donors (Lipinski definition) is 9. The van der Waals surface area contributed by atoms with Crippen molar-refractivity contribution in [1.82, 2.24) is 0 Å². The highest BCUT2D eigenvalue weighted by Crippen LogP contribution is 2.75. The summed E-state index contributed by atoms with van der Waals surface area (Å²) in [7, 11) is 0. The number of carboxylic acid groups (broad SMARTS) is 1. The van der Waals surface area contributed by atoms with E-state index in [2.05, 4.69) is 47.6 Å². The van der Waals surface area contributed by atoms with Crippen molar-refractivity contribution in [3.05, 3.63) is 11.6 Å². The van der Waals surface area contributed by atoms with Gasteiger partial charge in [0.1, 0.15) is 60.7 Å². The summed E-state index contributed by atoms with van der Waals surface area (Å²) in [6.45, 7) is 16.5. The summed E-state index contributed by atoms with van der Waals surface area (Å²) in [5.74, 6) is -0.816. The van der Waals surface area contributed by atoms with Gasteiger partial charge in [0, 0.05) is 17.3 Å². The molecular formula is C47H74O17. The predicted molar refractivity (Wildman–Crippen MR) is 224 cm³/mol. The molecule has 3 saturated heterocycles. The Morgan fingerprint density at radius 1 is 0.750 bits per heavy atom. The number of carboxylic acids is 1. The second kappa shape index (κ2) is 16.8. The fourth-order valence-corrected chi connectivity index (χ4v) is 14.6. The number of carbonyl (C=O) groups is 2. The number of allylic oxidation sites excluding steroid dienone is 2. The molecule has 3 aliphatic heterocycles. The first kappa shape index (κ1) is 48.8. The molecule has 8 aliphatic rings. The third-order valence-corrected chi connectivity index (χ3v) is 18.8. The van der Waals surface area contributed by atoms with Gasteiger partial charge in [-0.15, -0.1) is 0 Å². The molecule has 0 aromatic carbocycles. The van der Waals surface area contributed by atoms with E-state index in [0.29, 0.717) is 25.0 Å². The maximum atomic E-state index is 13.8. The molecule has 5 aliphatic carbocycles. The fourth-order valence-electron chi connectivity index (χ4n) is 14.6. The summed E-state index contributed by atoms with van der Waals surface area (Å²) >= 11 is 0. The van der Waals surface area contributed by atoms with Crippen LogP contribution in [0.15, 0.2) is 11.6 Å². The number of aliphatic hydroxyl groups excluding tert-OH is 8. The van der Waals surface area contributed by atoms with Crippen LogP contribution in [0.2, 0.25) is 0 Å². The topological polar surface area (TPSA) is 272 Å². The maximum Gasteiger partial charge on any atom is 0.335 e. The standard InChI is InChI=1S/C47H74O17/c1-21-29(51)31(53)34(56)39(60-21)63-36-30(52)24(49)19-59-40(36)64-37-33(55)32(54)35(38(57)58)62-41(37)61-28-12-13-44(5)25(45(28,6)20-48)11-14-47(8)26(44)10-9-22-23-17-42(2,3)18-27(50)43(23,4)15-16-46(22,47)7/h9,21,23-26,28-37,39-41,48-49,51-56H,10-20H2,1-8H3,(H,57,58)/t21-,23-,24-,25+,26+,28-,29-,30-,31+,32-,33-,34+,35-,36+,37+,39-,40-,41+,43+,44-,45-,46+,47+/m0/s1. The average Bonchev–Trinajstić information content (AvgIpc) is 3.22. The average molecular weight is 911 g/mol. The maximum absolute atomic E-state index is 13.8. The van der Waals surface area contributed by atoms with E-state index in [1.54, 1.807) is 0 Å². The van der Waals surface area contributed by atoms with E-state index in [4.69, 9.17) is 28.4 Å². The Balaban J connectivity index is 1.06. The van der Waals surface area contributed by atoms with Crippen LogP contribution in [-0.4, -0.2) is 163 Å². The van der Waals surface area contributed by atoms with E-state index in [1.807, 2.05) is 6.92 Å². The Morgan fingerprint density at radius 2 is 1.42 bits per heavy atom. The number of rotatable bonds is 8. The third-order valence-electron chi connectivity index (χ3n) is 18.8. The summed E-state index contributed by atoms with van der Waals surface area (Å²) in [5, 5.41) is 97.2. The molecule has 23 atom stereocenters. The van der Waals surface area contributed by atoms with Crippen LogP contribution in [0, 0.1) is 50.2 Å². The zero-order valence-corrected chi connectivity index (χ0v) is 38.5. The Hall–Kier alpha value is -1.68. The summed E-state index contributed by atoms with van der Waals surface area (Å²) in [6.07, 6.45) is -14.8. The molecule has 0 unspecified atom stereocenters. The monoisotopic (exact) mass is 910 g/mol. The fraction of sp³-hybridized carbons (Fsp3) is 0.915. The molecule has 0 spiro atoms. The SMILES string of the molecule is C[C@@H]1O[C@@H](O[C@H]2[C@H](O[C@H]3[C@H](O[C@H]4CC[C@@]5(C)[C@@H](CC[C@]6(C)[C@@H]5CC=C5[C@@H]7CC(C)(C)CC(=O)[C@]7(C)CC[C@]56C)[C@]4(C)CO)O[C@H](C(=O)O)[C@@H](O)[C@@H]3O)OC[C@H](O)[C@@H]2O)[C@H](O)[C@H](O)[C@H]1O. The van der Waals surface area contributed by atoms with Gasteiger partial charge in [-0.05, 0) is 97.7 Å². The molecule has 0 aromatic rings. The molecule has 3 heterocycles. The molecular weight excluding hydrogens is 837 g/mol. The molecule has 0 radical (unpaired) electrons. The third kappa shape index (κ3) is 7.40. The second-order valence-electron chi connectivity index (χ2n) is 22.9. The van der Waals surface area contributed by atoms with Gasteiger partial charge in [0.25, 0.3) is 0 Å². The number of carbonyl (C=O) groups excluding carboxylic acids is 1. The van der Waals surface area contributed by atoms with Crippen LogP contribution >= 0.6 is 0 Å². The summed E-state index contributed by atoms with van der Waals surface area (Å²) in [4.78, 5) is 26.2. The first-order valence-corrected chi connectivity index (χ1v) is 23.5. The van der Waals surface area contributed by atoms with Gasteiger partial charge in [-0.2, -0.15) is 0 Å². The minimum atomic E-state index is -2.02. The molecule has 0 aromatic heterocycles. The van der Waals surface area contributed by atoms with Crippen molar-refractivity contribution < 1.29 is 84.0 Å². The number of aliphatic hydroxyl groups is 8. The van der Waals surface area contributed by atoms with Crippen LogP contribution in [0.3, 0.4) is 0 Å². The molecule has 0 bridgehead atoms. The Morgan fingerprint density at radius 3 is 2.09 bits per heavy atom. The lowest BCUT2D eigenvalue weighted by Gasteiger charge is -2.71. The van der Waals surface area contributed by atoms with Gasteiger partial charge in [-0.3, -0.25) is 4.79 Å². The van der Waals surface area contributed by atoms with Gasteiger partial charge >= 0.3 is 5.97 Å². The summed E-state index contributed by atoms with van der Waals surface area (Å²) < 4.78 is 36.0. The highest BCUT2D eigenvalue weighted by Gasteiger charge is 2.70. The second-order valence-corrected chi connectivity index (χ2v) is 22.9. The lowest BCUT2D eigenvalue weighted by Crippen LogP contribution is -2.68. The summed E-state index contributed by atoms with van der Waals surface area (Å²) in [6, 6.07) is 0. The van der Waals surface area contributed by atoms with E-state index in [9.17, 15) is 55.5 Å². The first-order chi connectivity index (χ1) is 29.8. The van der Waals surface area contributed by atoms with E-state index in [-0.39, 0.29) is 51.4 Å². The van der Waals surface area contributed by atoms with Crippen molar-refractivity contribution in [3.8, 4) is 0 Å². The molecule has 17 heteroatoms. The number of fused-ring (bicyclic) bond motifs is 7. The molecule has 8 rings (SSSR count). The molecule has 364 valence electrons. The van der Waals surface area contributed by atoms with Crippen molar-refractivity contribution in [2.75, 3.05) is 13.2 Å². The Labute approximate surface area is 375 Å². The normalized spacial score (nSPS) is 55.0. The summed E-state index contributed by atoms with van der Waals surface area (Å²) in [5.41, 5.74) is -0.362. The molecule has 9 N–H and O–H groups in total. The smallest absolute Gasteiger partial charge is 0.335 e. The number of Topliss-reactive ketones (excluding diaryl/α,β-unsaturated/α-hetero) is 1. The Kier molecular flexibility index (Phi) is 12.8. The van der Waals surface area contributed by atoms with E-state index < -0.39 is 110 Å². The van der Waals surface area contributed by atoms with Crippen LogP contribution in [0.1, 0.15) is 113 Å². The number of ketones is 1. The van der Waals surface area contributed by atoms with Crippen LogP contribution in [0.4, 0.5) is 0 Å². The number of ether oxygens (including phenoxy) is 6. The van der Waals surface area contributed by atoms with E-state index in [0.717, 1.165) is 38.5 Å². The largest absolute Gasteiger partial charge is 0.479 e. The zero-order chi connectivity index (χ0) is 46.9. The van der Waals surface area contributed by atoms with Crippen LogP contribution < -0.4 is 0 Å². The van der Waals surface area contributed by atoms with Crippen molar-refractivity contribution in [2.24, 2.45) is 50.2 Å². The quantitative estimate of drug-likeness (QED) is 0.124. The minimum Gasteiger partial charge on any atom is -0.479 e. The minimum absolute atomic E-state index is 0.0626. The van der Waals surface area contributed by atoms with Gasteiger partial charge < -0.3 is 74.4 Å². The van der Waals surface area contributed by atoms with Gasteiger partial charge in [0.05, 0.1) is 25.4 Å². The lowest BCUT2D eigenvalue weighted by molar-refractivity contribution is -0.387. The van der Waals surface area contributed by atoms with Crippen molar-refractivity contribution in [3.63, 3.8) is 0 Å². The molecule has 17 nitrogen and oxygen atoms in total. The molecule has 4 saturated carbocycles. The van der Waals surface area contributed by atoms with Gasteiger partial charge in [-0.25, -0.2) is 4.79 Å². The van der Waals surface area contributed by atoms with E-state index >= 15 is 0 Å². The molecule has 7 fully saturated rings. The van der Waals surface area contributed by atoms with Crippen LogP contribution in [0.5, 0.6) is 0 Å². The number of hydrogen-bond acceptors (Lipinski definition) is 16. The zero-order valence-electron chi connectivity index (χ0n) is 38.5.